The van der Waals surface area contributed by atoms with Gasteiger partial charge in [-0.05, 0) is 116 Å². The van der Waals surface area contributed by atoms with Crippen LogP contribution in [0.1, 0.15) is 142 Å². The van der Waals surface area contributed by atoms with Gasteiger partial charge in [0.2, 0.25) is 5.91 Å². The lowest BCUT2D eigenvalue weighted by atomic mass is 9.60. The lowest BCUT2D eigenvalue weighted by Gasteiger charge is -2.44. The van der Waals surface area contributed by atoms with Gasteiger partial charge in [0.25, 0.3) is 0 Å². The summed E-state index contributed by atoms with van der Waals surface area (Å²) in [6.07, 6.45) is 18.2. The minimum Gasteiger partial charge on any atom is -0.508 e. The van der Waals surface area contributed by atoms with Crippen molar-refractivity contribution >= 4 is 11.9 Å². The average Bonchev–Trinajstić information content (AvgIpc) is 3.72. The second-order valence-corrected chi connectivity index (χ2v) is 18.7. The Morgan fingerprint density at radius 1 is 0.951 bits per heavy atom. The molecule has 326 valence electrons. The van der Waals surface area contributed by atoms with E-state index >= 15 is 0 Å². The minimum absolute atomic E-state index is 0.0343. The third kappa shape index (κ3) is 8.64. The zero-order valence-corrected chi connectivity index (χ0v) is 36.3. The lowest BCUT2D eigenvalue weighted by molar-refractivity contribution is -0.209. The van der Waals surface area contributed by atoms with Crippen molar-refractivity contribution in [1.29, 1.82) is 0 Å². The Hall–Kier alpha value is -4.90. The van der Waals surface area contributed by atoms with E-state index in [1.807, 2.05) is 0 Å². The Bertz CT molecular complexity index is 2170. The van der Waals surface area contributed by atoms with Crippen LogP contribution in [0.15, 0.2) is 90.0 Å². The maximum Gasteiger partial charge on any atom is 0.340 e. The van der Waals surface area contributed by atoms with Crippen LogP contribution in [0.2, 0.25) is 0 Å². The number of phenols is 2. The molecule has 5 atom stereocenters. The Morgan fingerprint density at radius 2 is 1.66 bits per heavy atom. The molecule has 3 aromatic carbocycles. The summed E-state index contributed by atoms with van der Waals surface area (Å²) in [6, 6.07) is 13.7. The first-order valence-electron chi connectivity index (χ1n) is 22.3. The van der Waals surface area contributed by atoms with E-state index in [4.69, 9.17) is 25.7 Å². The number of fused-ring (bicyclic) bond motifs is 7. The lowest BCUT2D eigenvalue weighted by Crippen LogP contribution is -2.37. The summed E-state index contributed by atoms with van der Waals surface area (Å²) >= 11 is 0. The highest BCUT2D eigenvalue weighted by molar-refractivity contribution is 6.08. The molecule has 3 aliphatic carbocycles. The summed E-state index contributed by atoms with van der Waals surface area (Å²) in [7, 11) is 0. The number of aromatic hydroxyl groups is 2. The molecule has 1 unspecified atom stereocenters. The van der Waals surface area contributed by atoms with Crippen LogP contribution in [-0.2, 0) is 15.1 Å². The highest BCUT2D eigenvalue weighted by Gasteiger charge is 2.55. The number of phenolic OH excluding ortho intramolecular Hbond substituents is 2. The first-order chi connectivity index (χ1) is 29.1. The van der Waals surface area contributed by atoms with Crippen molar-refractivity contribution in [2.75, 3.05) is 13.2 Å². The van der Waals surface area contributed by atoms with Gasteiger partial charge in [0, 0.05) is 41.7 Å². The first kappa shape index (κ1) is 44.2. The molecule has 0 radical (unpaired) electrons. The van der Waals surface area contributed by atoms with Gasteiger partial charge >= 0.3 is 5.97 Å². The van der Waals surface area contributed by atoms with Gasteiger partial charge < -0.3 is 41.0 Å². The molecule has 1 spiro atoms. The van der Waals surface area contributed by atoms with Gasteiger partial charge in [-0.25, -0.2) is 4.79 Å². The number of benzene rings is 3. The maximum absolute atomic E-state index is 12.8. The molecule has 10 heteroatoms. The van der Waals surface area contributed by atoms with Crippen molar-refractivity contribution in [2.45, 2.75) is 116 Å². The van der Waals surface area contributed by atoms with Crippen LogP contribution in [0.3, 0.4) is 0 Å². The quantitative estimate of drug-likeness (QED) is 0.0716. The number of hydrogen-bond donors (Lipinski definition) is 5. The Balaban J connectivity index is 0.000000186. The van der Waals surface area contributed by atoms with Crippen molar-refractivity contribution in [2.24, 2.45) is 40.6 Å². The molecule has 10 nitrogen and oxygen atoms in total. The number of hydrogen-bond acceptors (Lipinski definition) is 9. The van der Waals surface area contributed by atoms with E-state index in [9.17, 15) is 24.9 Å². The van der Waals surface area contributed by atoms with Gasteiger partial charge in [0.05, 0.1) is 17.7 Å². The van der Waals surface area contributed by atoms with Crippen molar-refractivity contribution in [1.82, 2.24) is 0 Å². The highest BCUT2D eigenvalue weighted by atomic mass is 16.6. The summed E-state index contributed by atoms with van der Waals surface area (Å²) < 4.78 is 17.6. The van der Waals surface area contributed by atoms with E-state index in [-0.39, 0.29) is 34.1 Å². The van der Waals surface area contributed by atoms with Crippen LogP contribution in [0, 0.1) is 29.1 Å². The fourth-order valence-corrected chi connectivity index (χ4v) is 11.1. The van der Waals surface area contributed by atoms with E-state index in [2.05, 4.69) is 46.4 Å². The topological polar surface area (TPSA) is 175 Å². The highest BCUT2D eigenvalue weighted by Crippen LogP contribution is 2.60. The molecule has 61 heavy (non-hydrogen) atoms. The summed E-state index contributed by atoms with van der Waals surface area (Å²) in [5.74, 6) is 1.20. The SMILES string of the molecule is C=C1CC[C@@](O)(OCCCN)C/C1=C/C=C1CCC[C@@]2(C)C1CC[C@@H]2[C@H](C)CCCC(C)C.NC(=O)c1cccc2c1C(=O)OC21c2ccc(O)cc2Oc2cc(O)ccc21. The number of primary amides is 1. The maximum atomic E-state index is 12.8. The molecular formula is C51H64N2O8. The number of rotatable bonds is 11. The van der Waals surface area contributed by atoms with Crippen molar-refractivity contribution in [3.63, 3.8) is 0 Å². The van der Waals surface area contributed by atoms with Crippen LogP contribution in [0.25, 0.3) is 0 Å². The normalized spacial score (nSPS) is 26.5. The molecule has 0 aromatic heterocycles. The predicted octanol–water partition coefficient (Wildman–Crippen LogP) is 10.1. The number of amides is 1. The standard InChI is InChI=1S/C30H51NO2.C21H13NO6/c1-22(2)9-6-10-24(4)27-14-15-28-25(11-7-17-29(27,28)5)12-13-26-21-30(32,18-16-23(26)3)33-20-8-19-31;22-19(25)12-2-1-3-15-18(12)20(26)28-21(15)13-6-4-10(23)8-16(13)27-17-9-11(24)5-7-14(17)21/h12-13,22,24,27-28,32H,3,6-11,14-21,31H2,1-2,4-5H3;1-9,23-24H,(H2,22,25)/b25-12?,26-13-;/t24-,27-,28?,29-,30-;/m1./s1. The molecule has 8 rings (SSSR count). The Morgan fingerprint density at radius 3 is 2.31 bits per heavy atom. The Kier molecular flexibility index (Phi) is 12.9. The molecule has 3 fully saturated rings. The van der Waals surface area contributed by atoms with E-state index in [0.717, 1.165) is 47.7 Å². The molecule has 0 saturated heterocycles. The zero-order valence-electron chi connectivity index (χ0n) is 36.3. The second kappa shape index (κ2) is 17.8. The van der Waals surface area contributed by atoms with Gasteiger partial charge in [-0.1, -0.05) is 89.0 Å². The molecule has 0 bridgehead atoms. The fraction of sp³-hybridized carbons (Fsp3) is 0.490. The third-order valence-electron chi connectivity index (χ3n) is 14.2. The van der Waals surface area contributed by atoms with E-state index < -0.39 is 23.3 Å². The number of allylic oxidation sites excluding steroid dienone is 4. The predicted molar refractivity (Wildman–Crippen MR) is 236 cm³/mol. The van der Waals surface area contributed by atoms with Gasteiger partial charge in [0.1, 0.15) is 23.0 Å². The van der Waals surface area contributed by atoms with Crippen molar-refractivity contribution in [3.05, 3.63) is 118 Å². The second-order valence-electron chi connectivity index (χ2n) is 18.7. The fourth-order valence-electron chi connectivity index (χ4n) is 11.1. The molecule has 3 saturated carbocycles. The van der Waals surface area contributed by atoms with Crippen molar-refractivity contribution in [3.8, 4) is 23.0 Å². The van der Waals surface area contributed by atoms with Gasteiger partial charge in [-0.3, -0.25) is 4.79 Å². The zero-order chi connectivity index (χ0) is 43.7. The summed E-state index contributed by atoms with van der Waals surface area (Å²) in [6.45, 7) is 15.2. The smallest absolute Gasteiger partial charge is 0.340 e. The number of ether oxygens (including phenoxy) is 3. The monoisotopic (exact) mass is 832 g/mol. The van der Waals surface area contributed by atoms with Crippen LogP contribution in [0.4, 0.5) is 0 Å². The van der Waals surface area contributed by atoms with Crippen LogP contribution >= 0.6 is 0 Å². The summed E-state index contributed by atoms with van der Waals surface area (Å²) in [4.78, 5) is 24.7. The minimum atomic E-state index is -1.40. The Labute approximate surface area is 360 Å². The number of esters is 1. The number of nitrogens with two attached hydrogens (primary N) is 2. The van der Waals surface area contributed by atoms with Gasteiger partial charge in [0.15, 0.2) is 11.4 Å². The van der Waals surface area contributed by atoms with Crippen LogP contribution < -0.4 is 16.2 Å². The number of carbonyl (C=O) groups is 2. The summed E-state index contributed by atoms with van der Waals surface area (Å²) in [5, 5.41) is 30.7. The van der Waals surface area contributed by atoms with Gasteiger partial charge in [-0.15, -0.1) is 0 Å². The van der Waals surface area contributed by atoms with Crippen LogP contribution in [0.5, 0.6) is 23.0 Å². The molecule has 3 aromatic rings. The average molecular weight is 833 g/mol. The molecule has 2 heterocycles. The molecule has 5 aliphatic rings. The largest absolute Gasteiger partial charge is 0.508 e. The molecule has 1 amide bonds. The van der Waals surface area contributed by atoms with Gasteiger partial charge in [-0.2, -0.15) is 0 Å². The molecular weight excluding hydrogens is 769 g/mol. The molecule has 7 N–H and O–H groups in total. The van der Waals surface area contributed by atoms with E-state index in [1.54, 1.807) is 29.8 Å². The van der Waals surface area contributed by atoms with Crippen molar-refractivity contribution < 1.29 is 39.1 Å². The van der Waals surface area contributed by atoms with Crippen LogP contribution in [-0.4, -0.2) is 46.1 Å². The number of aliphatic hydroxyl groups is 1. The van der Waals surface area contributed by atoms with E-state index in [1.165, 1.54) is 81.7 Å². The molecule has 2 aliphatic heterocycles. The first-order valence-corrected chi connectivity index (χ1v) is 22.3. The van der Waals surface area contributed by atoms with E-state index in [0.29, 0.717) is 48.1 Å². The third-order valence-corrected chi connectivity index (χ3v) is 14.2. The summed E-state index contributed by atoms with van der Waals surface area (Å²) in [5.41, 5.74) is 15.6. The number of carbonyl (C=O) groups excluding carboxylic acids is 2.